The summed E-state index contributed by atoms with van der Waals surface area (Å²) in [6, 6.07) is 9.54. The number of rotatable bonds is 8. The van der Waals surface area contributed by atoms with Crippen LogP contribution in [0.25, 0.3) is 0 Å². The maximum Gasteiger partial charge on any atom is 0.338 e. The van der Waals surface area contributed by atoms with E-state index in [1.165, 1.54) is 38.5 Å². The van der Waals surface area contributed by atoms with Crippen LogP contribution in [0.2, 0.25) is 0 Å². The molecule has 0 radical (unpaired) electrons. The Morgan fingerprint density at radius 1 is 1.03 bits per heavy atom. The fraction of sp³-hybridized carbons (Fsp3) is 0.743. The van der Waals surface area contributed by atoms with E-state index in [1.54, 1.807) is 5.57 Å². The van der Waals surface area contributed by atoms with Crippen LogP contribution in [0, 0.1) is 46.8 Å². The highest BCUT2D eigenvalue weighted by Crippen LogP contribution is 2.65. The number of hydrogen-bond donors (Lipinski definition) is 1. The summed E-state index contributed by atoms with van der Waals surface area (Å²) in [5, 5.41) is 11.0. The normalized spacial score (nSPS) is 38.0. The van der Waals surface area contributed by atoms with Gasteiger partial charge in [-0.05, 0) is 130 Å². The fourth-order valence-electron chi connectivity index (χ4n) is 9.54. The van der Waals surface area contributed by atoms with Crippen LogP contribution in [-0.2, 0) is 4.74 Å². The van der Waals surface area contributed by atoms with Crippen LogP contribution in [0.15, 0.2) is 42.0 Å². The van der Waals surface area contributed by atoms with Crippen molar-refractivity contribution < 1.29 is 14.6 Å². The molecule has 1 N–H and O–H groups in total. The smallest absolute Gasteiger partial charge is 0.338 e. The summed E-state index contributed by atoms with van der Waals surface area (Å²) in [6.45, 7) is 11.7. The Hall–Kier alpha value is -1.61. The molecule has 3 heteroatoms. The summed E-state index contributed by atoms with van der Waals surface area (Å²) in [6.07, 6.45) is 14.9. The van der Waals surface area contributed by atoms with Crippen LogP contribution >= 0.6 is 0 Å². The van der Waals surface area contributed by atoms with Gasteiger partial charge in [0, 0.05) is 0 Å². The third-order valence-electron chi connectivity index (χ3n) is 11.8. The molecule has 0 amide bonds. The molecule has 0 bridgehead atoms. The number of esters is 1. The number of allylic oxidation sites excluding steroid dienone is 1. The minimum absolute atomic E-state index is 0.0219. The molecular weight excluding hydrogens is 468 g/mol. The van der Waals surface area contributed by atoms with Crippen molar-refractivity contribution in [1.29, 1.82) is 0 Å². The molecular formula is C35H52O3. The van der Waals surface area contributed by atoms with Crippen LogP contribution in [0.4, 0.5) is 0 Å². The Labute approximate surface area is 231 Å². The van der Waals surface area contributed by atoms with Gasteiger partial charge in [-0.15, -0.1) is 0 Å². The van der Waals surface area contributed by atoms with E-state index in [9.17, 15) is 9.90 Å². The number of benzene rings is 1. The first-order valence-electron chi connectivity index (χ1n) is 15.8. The summed E-state index contributed by atoms with van der Waals surface area (Å²) in [7, 11) is 0. The largest absolute Gasteiger partial charge is 0.458 e. The summed E-state index contributed by atoms with van der Waals surface area (Å²) in [5.41, 5.74) is 2.11. The SMILES string of the molecule is CC[C@]1(O)CC[C@H]2C(=CC[C@@H]3[C@@H]2CC[C@]2(C)[C@@H]([C@H](C)[C@@H](CCC(C)C)OC(=O)c4ccccc4)CC[C@@H]32)C1. The Morgan fingerprint density at radius 2 is 1.79 bits per heavy atom. The Kier molecular flexibility index (Phi) is 8.17. The highest BCUT2D eigenvalue weighted by atomic mass is 16.5. The van der Waals surface area contributed by atoms with Crippen molar-refractivity contribution in [2.75, 3.05) is 0 Å². The monoisotopic (exact) mass is 520 g/mol. The average molecular weight is 521 g/mol. The zero-order chi connectivity index (χ0) is 27.1. The lowest BCUT2D eigenvalue weighted by molar-refractivity contribution is -0.0608. The molecule has 4 aliphatic rings. The van der Waals surface area contributed by atoms with E-state index in [1.807, 2.05) is 30.3 Å². The van der Waals surface area contributed by atoms with Gasteiger partial charge in [0.1, 0.15) is 6.10 Å². The van der Waals surface area contributed by atoms with Crippen molar-refractivity contribution in [3.05, 3.63) is 47.5 Å². The lowest BCUT2D eigenvalue weighted by atomic mass is 9.50. The van der Waals surface area contributed by atoms with Gasteiger partial charge in [0.05, 0.1) is 11.2 Å². The van der Waals surface area contributed by atoms with Gasteiger partial charge in [-0.1, -0.05) is 64.5 Å². The minimum atomic E-state index is -0.464. The van der Waals surface area contributed by atoms with Gasteiger partial charge in [-0.25, -0.2) is 4.79 Å². The quantitative estimate of drug-likeness (QED) is 0.276. The van der Waals surface area contributed by atoms with E-state index in [2.05, 4.69) is 40.7 Å². The first kappa shape index (κ1) is 27.9. The van der Waals surface area contributed by atoms with Crippen molar-refractivity contribution in [2.45, 2.75) is 117 Å². The van der Waals surface area contributed by atoms with Gasteiger partial charge in [0.15, 0.2) is 0 Å². The lowest BCUT2D eigenvalue weighted by Crippen LogP contribution is -2.49. The molecule has 1 aromatic carbocycles. The molecule has 0 aliphatic heterocycles. The molecule has 0 heterocycles. The number of hydrogen-bond acceptors (Lipinski definition) is 3. The average Bonchev–Trinajstić information content (AvgIpc) is 3.27. The molecule has 0 spiro atoms. The summed E-state index contributed by atoms with van der Waals surface area (Å²) < 4.78 is 6.32. The van der Waals surface area contributed by atoms with E-state index >= 15 is 0 Å². The number of ether oxygens (including phenoxy) is 1. The zero-order valence-corrected chi connectivity index (χ0v) is 24.6. The van der Waals surface area contributed by atoms with Crippen LogP contribution in [0.3, 0.4) is 0 Å². The van der Waals surface area contributed by atoms with Crippen LogP contribution in [0.5, 0.6) is 0 Å². The van der Waals surface area contributed by atoms with Gasteiger partial charge >= 0.3 is 5.97 Å². The van der Waals surface area contributed by atoms with Gasteiger partial charge in [-0.3, -0.25) is 0 Å². The van der Waals surface area contributed by atoms with Gasteiger partial charge in [0.25, 0.3) is 0 Å². The molecule has 9 atom stereocenters. The Bertz CT molecular complexity index is 998. The third kappa shape index (κ3) is 5.26. The number of carbonyl (C=O) groups excluding carboxylic acids is 1. The minimum Gasteiger partial charge on any atom is -0.458 e. The molecule has 3 nitrogen and oxygen atoms in total. The Balaban J connectivity index is 1.32. The molecule has 1 aromatic rings. The van der Waals surface area contributed by atoms with E-state index in [0.29, 0.717) is 34.7 Å². The maximum absolute atomic E-state index is 13.1. The topological polar surface area (TPSA) is 46.5 Å². The van der Waals surface area contributed by atoms with E-state index in [0.717, 1.165) is 49.9 Å². The standard InChI is InChI=1S/C35H52O3/c1-6-35(37)21-19-27-26(22-35)13-14-29-28(27)18-20-34(5)30(15-16-31(29)34)24(4)32(17-12-23(2)3)38-33(36)25-10-8-7-9-11-25/h7-11,13,23-24,27-32,37H,6,12,14-22H2,1-5H3/t24-,27-,28+,29+,30+,31-,32+,34+,35-/m0/s1. The van der Waals surface area contributed by atoms with Gasteiger partial charge in [0.2, 0.25) is 0 Å². The first-order chi connectivity index (χ1) is 18.1. The van der Waals surface area contributed by atoms with Crippen LogP contribution in [0.1, 0.15) is 116 Å². The highest BCUT2D eigenvalue weighted by Gasteiger charge is 2.58. The van der Waals surface area contributed by atoms with Crippen molar-refractivity contribution in [3.63, 3.8) is 0 Å². The van der Waals surface area contributed by atoms with E-state index in [4.69, 9.17) is 4.74 Å². The second-order valence-corrected chi connectivity index (χ2v) is 14.2. The summed E-state index contributed by atoms with van der Waals surface area (Å²) in [5.74, 6) is 4.48. The Morgan fingerprint density at radius 3 is 2.50 bits per heavy atom. The summed E-state index contributed by atoms with van der Waals surface area (Å²) in [4.78, 5) is 13.1. The molecule has 210 valence electrons. The molecule has 3 fully saturated rings. The molecule has 0 unspecified atom stereocenters. The van der Waals surface area contributed by atoms with Crippen molar-refractivity contribution in [1.82, 2.24) is 0 Å². The fourth-order valence-corrected chi connectivity index (χ4v) is 9.54. The van der Waals surface area contributed by atoms with Gasteiger partial charge in [-0.2, -0.15) is 0 Å². The molecule has 4 aliphatic carbocycles. The van der Waals surface area contributed by atoms with E-state index < -0.39 is 5.60 Å². The number of carbonyl (C=O) groups is 1. The third-order valence-corrected chi connectivity index (χ3v) is 11.8. The van der Waals surface area contributed by atoms with E-state index in [-0.39, 0.29) is 12.1 Å². The van der Waals surface area contributed by atoms with Crippen molar-refractivity contribution >= 4 is 5.97 Å². The molecule has 0 aromatic heterocycles. The predicted molar refractivity (Wildman–Crippen MR) is 155 cm³/mol. The van der Waals surface area contributed by atoms with Crippen molar-refractivity contribution in [2.24, 2.45) is 46.8 Å². The molecule has 3 saturated carbocycles. The number of fused-ring (bicyclic) bond motifs is 5. The summed E-state index contributed by atoms with van der Waals surface area (Å²) >= 11 is 0. The lowest BCUT2D eigenvalue weighted by Gasteiger charge is -2.55. The molecule has 38 heavy (non-hydrogen) atoms. The van der Waals surface area contributed by atoms with Gasteiger partial charge < -0.3 is 9.84 Å². The second-order valence-electron chi connectivity index (χ2n) is 14.2. The van der Waals surface area contributed by atoms with Crippen LogP contribution < -0.4 is 0 Å². The maximum atomic E-state index is 13.1. The van der Waals surface area contributed by atoms with Crippen molar-refractivity contribution in [3.8, 4) is 0 Å². The molecule has 0 saturated heterocycles. The highest BCUT2D eigenvalue weighted by molar-refractivity contribution is 5.89. The predicted octanol–water partition coefficient (Wildman–Crippen LogP) is 8.61. The van der Waals surface area contributed by atoms with Crippen LogP contribution in [-0.4, -0.2) is 22.8 Å². The zero-order valence-electron chi connectivity index (χ0n) is 24.6. The molecule has 5 rings (SSSR count). The second kappa shape index (κ2) is 11.1. The first-order valence-corrected chi connectivity index (χ1v) is 15.8. The number of aliphatic hydroxyl groups is 1.